The molecular weight excluding hydrogens is 308 g/mol. The van der Waals surface area contributed by atoms with E-state index in [1.807, 2.05) is 63.2 Å². The summed E-state index contributed by atoms with van der Waals surface area (Å²) in [5.41, 5.74) is 4.60. The minimum absolute atomic E-state index is 0.0655. The highest BCUT2D eigenvalue weighted by atomic mass is 32.2. The monoisotopic (exact) mass is 326 g/mol. The smallest absolute Gasteiger partial charge is 0.257 e. The molecule has 1 aromatic heterocycles. The zero-order valence-corrected chi connectivity index (χ0v) is 14.1. The van der Waals surface area contributed by atoms with Gasteiger partial charge in [-0.3, -0.25) is 4.79 Å². The average Bonchev–Trinajstić information content (AvgIpc) is 2.92. The molecule has 5 heteroatoms. The summed E-state index contributed by atoms with van der Waals surface area (Å²) in [7, 11) is 0. The van der Waals surface area contributed by atoms with Crippen molar-refractivity contribution < 1.29 is 9.21 Å². The molecule has 0 fully saturated rings. The third kappa shape index (κ3) is 3.56. The van der Waals surface area contributed by atoms with Crippen molar-refractivity contribution in [2.75, 3.05) is 5.32 Å². The zero-order valence-electron chi connectivity index (χ0n) is 13.3. The van der Waals surface area contributed by atoms with Crippen LogP contribution in [0.15, 0.2) is 52.1 Å². The van der Waals surface area contributed by atoms with E-state index in [1.54, 1.807) is 0 Å². The second-order valence-electron chi connectivity index (χ2n) is 5.52. The maximum absolute atomic E-state index is 12.4. The number of nitrogens with one attached hydrogen (secondary N) is 1. The van der Waals surface area contributed by atoms with Gasteiger partial charge in [-0.05, 0) is 44.5 Å². The number of fused-ring (bicyclic) bond motifs is 1. The Balaban J connectivity index is 1.69. The first-order chi connectivity index (χ1) is 11.0. The van der Waals surface area contributed by atoms with Crippen molar-refractivity contribution in [2.45, 2.75) is 31.2 Å². The molecule has 1 heterocycles. The van der Waals surface area contributed by atoms with E-state index < -0.39 is 0 Å². The largest absolute Gasteiger partial charge is 0.431 e. The molecule has 3 aromatic rings. The Bertz CT molecular complexity index is 824. The van der Waals surface area contributed by atoms with Crippen molar-refractivity contribution >= 4 is 34.5 Å². The average molecular weight is 326 g/mol. The second-order valence-corrected chi connectivity index (χ2v) is 6.81. The molecule has 3 rings (SSSR count). The first-order valence-electron chi connectivity index (χ1n) is 7.43. The lowest BCUT2D eigenvalue weighted by molar-refractivity contribution is -0.115. The Morgan fingerprint density at radius 1 is 1.22 bits per heavy atom. The highest BCUT2D eigenvalue weighted by Crippen LogP contribution is 2.27. The van der Waals surface area contributed by atoms with E-state index >= 15 is 0 Å². The van der Waals surface area contributed by atoms with Crippen molar-refractivity contribution in [3.8, 4) is 0 Å². The van der Waals surface area contributed by atoms with Gasteiger partial charge in [0, 0.05) is 5.69 Å². The van der Waals surface area contributed by atoms with Crippen LogP contribution in [0.3, 0.4) is 0 Å². The number of benzene rings is 2. The van der Waals surface area contributed by atoms with Gasteiger partial charge in [-0.15, -0.1) is 0 Å². The van der Waals surface area contributed by atoms with Crippen LogP contribution in [0, 0.1) is 13.8 Å². The van der Waals surface area contributed by atoms with Gasteiger partial charge >= 0.3 is 0 Å². The van der Waals surface area contributed by atoms with Gasteiger partial charge in [0.2, 0.25) is 5.91 Å². The third-order valence-electron chi connectivity index (χ3n) is 3.56. The fraction of sp³-hybridized carbons (Fsp3) is 0.222. The van der Waals surface area contributed by atoms with Crippen LogP contribution in [0.25, 0.3) is 11.1 Å². The Labute approximate surface area is 139 Å². The molecule has 0 aliphatic rings. The van der Waals surface area contributed by atoms with E-state index in [-0.39, 0.29) is 11.2 Å². The van der Waals surface area contributed by atoms with E-state index in [4.69, 9.17) is 4.42 Å². The first kappa shape index (κ1) is 15.6. The van der Waals surface area contributed by atoms with E-state index in [0.29, 0.717) is 5.22 Å². The number of oxazole rings is 1. The summed E-state index contributed by atoms with van der Waals surface area (Å²) in [6.45, 7) is 5.87. The van der Waals surface area contributed by atoms with E-state index in [1.165, 1.54) is 17.3 Å². The molecule has 4 nitrogen and oxygen atoms in total. The molecule has 1 unspecified atom stereocenters. The zero-order chi connectivity index (χ0) is 16.4. The van der Waals surface area contributed by atoms with Crippen LogP contribution in [0.5, 0.6) is 0 Å². The first-order valence-corrected chi connectivity index (χ1v) is 8.31. The lowest BCUT2D eigenvalue weighted by atomic mass is 10.1. The molecule has 0 radical (unpaired) electrons. The fourth-order valence-electron chi connectivity index (χ4n) is 2.29. The van der Waals surface area contributed by atoms with E-state index in [2.05, 4.69) is 10.3 Å². The molecule has 0 bridgehead atoms. The van der Waals surface area contributed by atoms with Gasteiger partial charge in [0.15, 0.2) is 5.58 Å². The SMILES string of the molecule is Cc1ccc(NC(=O)C(C)Sc2nc3ccccc3o2)c(C)c1. The van der Waals surface area contributed by atoms with Crippen LogP contribution in [-0.4, -0.2) is 16.1 Å². The van der Waals surface area contributed by atoms with Crippen LogP contribution < -0.4 is 5.32 Å². The van der Waals surface area contributed by atoms with Gasteiger partial charge in [-0.2, -0.15) is 0 Å². The summed E-state index contributed by atoms with van der Waals surface area (Å²) >= 11 is 1.32. The maximum atomic E-state index is 12.4. The van der Waals surface area contributed by atoms with Crippen molar-refractivity contribution in [2.24, 2.45) is 0 Å². The number of para-hydroxylation sites is 2. The summed E-state index contributed by atoms with van der Waals surface area (Å²) in [6.07, 6.45) is 0. The van der Waals surface area contributed by atoms with Crippen molar-refractivity contribution in [1.29, 1.82) is 0 Å². The lowest BCUT2D eigenvalue weighted by Gasteiger charge is -2.12. The Kier molecular flexibility index (Phi) is 4.39. The molecule has 1 N–H and O–H groups in total. The molecule has 1 amide bonds. The van der Waals surface area contributed by atoms with Crippen LogP contribution >= 0.6 is 11.8 Å². The summed E-state index contributed by atoms with van der Waals surface area (Å²) in [5, 5.41) is 3.17. The normalized spacial score (nSPS) is 12.3. The van der Waals surface area contributed by atoms with Gasteiger partial charge in [0.25, 0.3) is 5.22 Å². The minimum Gasteiger partial charge on any atom is -0.431 e. The van der Waals surface area contributed by atoms with Gasteiger partial charge in [-0.1, -0.05) is 41.6 Å². The number of hydrogen-bond donors (Lipinski definition) is 1. The molecule has 0 saturated heterocycles. The van der Waals surface area contributed by atoms with Gasteiger partial charge in [-0.25, -0.2) is 4.98 Å². The van der Waals surface area contributed by atoms with Crippen LogP contribution in [0.1, 0.15) is 18.1 Å². The minimum atomic E-state index is -0.302. The molecule has 0 aliphatic heterocycles. The summed E-state index contributed by atoms with van der Waals surface area (Å²) < 4.78 is 5.65. The molecule has 118 valence electrons. The van der Waals surface area contributed by atoms with E-state index in [9.17, 15) is 4.79 Å². The summed E-state index contributed by atoms with van der Waals surface area (Å²) in [4.78, 5) is 16.8. The van der Waals surface area contributed by atoms with Crippen LogP contribution in [-0.2, 0) is 4.79 Å². The number of anilines is 1. The number of rotatable bonds is 4. The standard InChI is InChI=1S/C18H18N2O2S/c1-11-8-9-14(12(2)10-11)19-17(21)13(3)23-18-20-15-6-4-5-7-16(15)22-18/h4-10,13H,1-3H3,(H,19,21). The van der Waals surface area contributed by atoms with Crippen molar-refractivity contribution in [3.63, 3.8) is 0 Å². The number of aromatic nitrogens is 1. The summed E-state index contributed by atoms with van der Waals surface area (Å²) in [5.74, 6) is -0.0655. The van der Waals surface area contributed by atoms with Gasteiger partial charge in [0.05, 0.1) is 5.25 Å². The predicted octanol–water partition coefficient (Wildman–Crippen LogP) is 4.56. The number of carbonyl (C=O) groups is 1. The second kappa shape index (κ2) is 6.46. The number of amides is 1. The van der Waals surface area contributed by atoms with Gasteiger partial charge < -0.3 is 9.73 Å². The van der Waals surface area contributed by atoms with E-state index in [0.717, 1.165) is 22.4 Å². The topological polar surface area (TPSA) is 55.1 Å². The lowest BCUT2D eigenvalue weighted by Crippen LogP contribution is -2.22. The predicted molar refractivity (Wildman–Crippen MR) is 93.9 cm³/mol. The summed E-state index contributed by atoms with van der Waals surface area (Å²) in [6, 6.07) is 13.5. The third-order valence-corrected chi connectivity index (χ3v) is 4.50. The number of hydrogen-bond acceptors (Lipinski definition) is 4. The fourth-order valence-corrected chi connectivity index (χ4v) is 3.05. The molecule has 23 heavy (non-hydrogen) atoms. The molecule has 0 aliphatic carbocycles. The van der Waals surface area contributed by atoms with Crippen molar-refractivity contribution in [3.05, 3.63) is 53.6 Å². The number of carbonyl (C=O) groups excluding carboxylic acids is 1. The highest BCUT2D eigenvalue weighted by Gasteiger charge is 2.18. The number of aryl methyl sites for hydroxylation is 2. The number of thioether (sulfide) groups is 1. The maximum Gasteiger partial charge on any atom is 0.257 e. The quantitative estimate of drug-likeness (QED) is 0.714. The Hall–Kier alpha value is -2.27. The Morgan fingerprint density at radius 2 is 2.00 bits per heavy atom. The molecule has 1 atom stereocenters. The molecule has 0 saturated carbocycles. The van der Waals surface area contributed by atoms with Crippen LogP contribution in [0.4, 0.5) is 5.69 Å². The highest BCUT2D eigenvalue weighted by molar-refractivity contribution is 8.00. The molecule has 2 aromatic carbocycles. The molecular formula is C18H18N2O2S. The Morgan fingerprint density at radius 3 is 2.74 bits per heavy atom. The van der Waals surface area contributed by atoms with Crippen LogP contribution in [0.2, 0.25) is 0 Å². The number of nitrogens with zero attached hydrogens (tertiary/aromatic N) is 1. The van der Waals surface area contributed by atoms with Gasteiger partial charge in [0.1, 0.15) is 5.52 Å². The molecule has 0 spiro atoms. The van der Waals surface area contributed by atoms with Crippen molar-refractivity contribution in [1.82, 2.24) is 4.98 Å².